The first-order valence-corrected chi connectivity index (χ1v) is 14.6. The Hall–Kier alpha value is -2.08. The van der Waals surface area contributed by atoms with Gasteiger partial charge in [0.2, 0.25) is 0 Å². The summed E-state index contributed by atoms with van der Waals surface area (Å²) >= 11 is 0. The van der Waals surface area contributed by atoms with Crippen molar-refractivity contribution in [2.24, 2.45) is 46.3 Å². The molecule has 6 rings (SSSR count). The molecule has 0 spiro atoms. The van der Waals surface area contributed by atoms with Crippen LogP contribution < -0.4 is 0 Å². The zero-order valence-electron chi connectivity index (χ0n) is 23.4. The van der Waals surface area contributed by atoms with E-state index >= 15 is 0 Å². The Bertz CT molecular complexity index is 1110. The summed E-state index contributed by atoms with van der Waals surface area (Å²) in [6.45, 7) is 11.4. The van der Waals surface area contributed by atoms with Crippen molar-refractivity contribution in [2.75, 3.05) is 13.7 Å². The molecule has 4 saturated carbocycles. The summed E-state index contributed by atoms with van der Waals surface area (Å²) < 4.78 is 7.70. The van der Waals surface area contributed by atoms with Crippen molar-refractivity contribution in [1.29, 1.82) is 0 Å². The largest absolute Gasteiger partial charge is 0.384 e. The Morgan fingerprint density at radius 1 is 1.14 bits per heavy atom. The van der Waals surface area contributed by atoms with E-state index in [1.54, 1.807) is 29.3 Å². The van der Waals surface area contributed by atoms with Gasteiger partial charge in [-0.3, -0.25) is 4.79 Å². The molecule has 2 aromatic heterocycles. The molecule has 0 aliphatic heterocycles. The maximum absolute atomic E-state index is 13.7. The predicted octanol–water partition coefficient (Wildman–Crippen LogP) is 6.51. The predicted molar refractivity (Wildman–Crippen MR) is 147 cm³/mol. The van der Waals surface area contributed by atoms with Gasteiger partial charge < -0.3 is 4.74 Å². The van der Waals surface area contributed by atoms with Crippen molar-refractivity contribution in [3.05, 3.63) is 31.2 Å². The molecule has 37 heavy (non-hydrogen) atoms. The van der Waals surface area contributed by atoms with Gasteiger partial charge >= 0.3 is 0 Å². The lowest BCUT2D eigenvalue weighted by atomic mass is 9.44. The van der Waals surface area contributed by atoms with Crippen LogP contribution in [-0.4, -0.2) is 39.2 Å². The van der Waals surface area contributed by atoms with Crippen LogP contribution in [-0.2, 0) is 16.1 Å². The molecular weight excluding hydrogens is 460 g/mol. The maximum atomic E-state index is 13.7. The number of carbonyl (C=O) groups is 1. The van der Waals surface area contributed by atoms with Gasteiger partial charge in [0.15, 0.2) is 11.4 Å². The van der Waals surface area contributed by atoms with Gasteiger partial charge in [0.1, 0.15) is 12.1 Å². The molecule has 2 heterocycles. The normalized spacial score (nSPS) is 38.6. The third-order valence-electron chi connectivity index (χ3n) is 11.0. The SMILES string of the molecule is C=CC.COCC12CCC(C)CC1CCC1C2CCC2(C)C1CC[C@@H]2C(=O)Cn1ncc2nccnc21. The van der Waals surface area contributed by atoms with Crippen molar-refractivity contribution >= 4 is 16.9 Å². The fourth-order valence-corrected chi connectivity index (χ4v) is 9.53. The smallest absolute Gasteiger partial charge is 0.177 e. The molecule has 202 valence electrons. The molecule has 6 nitrogen and oxygen atoms in total. The van der Waals surface area contributed by atoms with E-state index in [-0.39, 0.29) is 11.3 Å². The molecule has 0 radical (unpaired) electrons. The molecule has 0 amide bonds. The monoisotopic (exact) mass is 506 g/mol. The van der Waals surface area contributed by atoms with Crippen LogP contribution in [0.25, 0.3) is 11.2 Å². The van der Waals surface area contributed by atoms with E-state index in [4.69, 9.17) is 4.74 Å². The van der Waals surface area contributed by atoms with E-state index < -0.39 is 0 Å². The van der Waals surface area contributed by atoms with Gasteiger partial charge in [-0.05, 0) is 98.7 Å². The van der Waals surface area contributed by atoms with Crippen LogP contribution in [0.15, 0.2) is 31.2 Å². The third kappa shape index (κ3) is 4.47. The number of hydrogen-bond donors (Lipinski definition) is 0. The highest BCUT2D eigenvalue weighted by molar-refractivity contribution is 5.83. The standard InChI is InChI=1S/C28H40N4O2.C3H6/c1-18-8-11-28(17-34-3)19(14-18)4-5-20-21-6-7-23(27(21,2)10-9-22(20)28)25(33)16-32-26-24(15-31-32)29-12-13-30-26;1-3-2/h12-13,15,18-23H,4-11,14,16-17H2,1-3H3;3H,1H2,2H3/t18?,19?,20?,21?,22?,23-,27?,28?;/m1./s1. The Balaban J connectivity index is 0.000000892. The number of hydrogen-bond acceptors (Lipinski definition) is 5. The second-order valence-corrected chi connectivity index (χ2v) is 12.8. The number of Topliss-reactive ketones (excluding diaryl/α,β-unsaturated/α-hetero) is 1. The first-order chi connectivity index (χ1) is 17.9. The summed E-state index contributed by atoms with van der Waals surface area (Å²) in [7, 11) is 1.91. The Morgan fingerprint density at radius 2 is 1.92 bits per heavy atom. The minimum Gasteiger partial charge on any atom is -0.384 e. The Labute approximate surface area is 222 Å². The van der Waals surface area contributed by atoms with Gasteiger partial charge in [-0.15, -0.1) is 6.58 Å². The molecule has 2 aromatic rings. The van der Waals surface area contributed by atoms with Crippen LogP contribution in [0.2, 0.25) is 0 Å². The molecule has 8 atom stereocenters. The average Bonchev–Trinajstić information content (AvgIpc) is 3.45. The Morgan fingerprint density at radius 3 is 2.70 bits per heavy atom. The van der Waals surface area contributed by atoms with E-state index in [0.29, 0.717) is 29.3 Å². The molecule has 0 aromatic carbocycles. The number of aromatic nitrogens is 4. The van der Waals surface area contributed by atoms with Crippen LogP contribution in [0.1, 0.15) is 78.6 Å². The number of carbonyl (C=O) groups excluding carboxylic acids is 1. The molecule has 0 saturated heterocycles. The first-order valence-electron chi connectivity index (χ1n) is 14.6. The van der Waals surface area contributed by atoms with E-state index in [1.807, 2.05) is 14.0 Å². The molecule has 4 aliphatic carbocycles. The van der Waals surface area contributed by atoms with E-state index in [9.17, 15) is 4.79 Å². The quantitative estimate of drug-likeness (QED) is 0.432. The summed E-state index contributed by atoms with van der Waals surface area (Å²) in [5.74, 6) is 4.36. The summed E-state index contributed by atoms with van der Waals surface area (Å²) in [6, 6.07) is 0. The highest BCUT2D eigenvalue weighted by Gasteiger charge is 2.62. The van der Waals surface area contributed by atoms with Crippen LogP contribution >= 0.6 is 0 Å². The molecule has 0 N–H and O–H groups in total. The second-order valence-electron chi connectivity index (χ2n) is 12.8. The molecule has 4 fully saturated rings. The minimum atomic E-state index is 0.121. The average molecular weight is 507 g/mol. The van der Waals surface area contributed by atoms with Crippen molar-refractivity contribution in [3.8, 4) is 0 Å². The number of methoxy groups -OCH3 is 1. The molecule has 0 bridgehead atoms. The van der Waals surface area contributed by atoms with E-state index in [0.717, 1.165) is 42.2 Å². The maximum Gasteiger partial charge on any atom is 0.177 e. The highest BCUT2D eigenvalue weighted by atomic mass is 16.5. The summed E-state index contributed by atoms with van der Waals surface area (Å²) in [5, 5.41) is 4.44. The number of ether oxygens (including phenoxy) is 1. The summed E-state index contributed by atoms with van der Waals surface area (Å²) in [4.78, 5) is 22.4. The fraction of sp³-hybridized carbons (Fsp3) is 0.742. The van der Waals surface area contributed by atoms with Crippen LogP contribution in [0.4, 0.5) is 0 Å². The Kier molecular flexibility index (Phi) is 7.59. The van der Waals surface area contributed by atoms with Gasteiger partial charge in [-0.1, -0.05) is 26.3 Å². The van der Waals surface area contributed by atoms with Gasteiger partial charge in [-0.2, -0.15) is 5.10 Å². The number of rotatable bonds is 5. The number of fused-ring (bicyclic) bond motifs is 6. The lowest BCUT2D eigenvalue weighted by molar-refractivity contribution is -0.154. The zero-order chi connectivity index (χ0) is 26.2. The topological polar surface area (TPSA) is 69.9 Å². The lowest BCUT2D eigenvalue weighted by Gasteiger charge is -2.61. The highest BCUT2D eigenvalue weighted by Crippen LogP contribution is 2.68. The second kappa shape index (κ2) is 10.6. The number of nitrogens with zero attached hydrogens (tertiary/aromatic N) is 4. The van der Waals surface area contributed by atoms with Gasteiger partial charge in [0, 0.05) is 25.4 Å². The van der Waals surface area contributed by atoms with Crippen molar-refractivity contribution in [2.45, 2.75) is 85.1 Å². The van der Waals surface area contributed by atoms with Crippen LogP contribution in [0, 0.1) is 46.3 Å². The van der Waals surface area contributed by atoms with Gasteiger partial charge in [0.25, 0.3) is 0 Å². The first kappa shape index (κ1) is 26.5. The fourth-order valence-electron chi connectivity index (χ4n) is 9.53. The lowest BCUT2D eigenvalue weighted by Crippen LogP contribution is -2.56. The molecule has 7 unspecified atom stereocenters. The summed E-state index contributed by atoms with van der Waals surface area (Å²) in [6.07, 6.45) is 18.3. The zero-order valence-corrected chi connectivity index (χ0v) is 23.4. The number of allylic oxidation sites excluding steroid dienone is 1. The van der Waals surface area contributed by atoms with Crippen molar-refractivity contribution in [3.63, 3.8) is 0 Å². The number of ketones is 1. The summed E-state index contributed by atoms with van der Waals surface area (Å²) in [5.41, 5.74) is 1.97. The van der Waals surface area contributed by atoms with Gasteiger partial charge in [0.05, 0.1) is 12.8 Å². The van der Waals surface area contributed by atoms with Crippen molar-refractivity contribution < 1.29 is 9.53 Å². The molecule has 4 aliphatic rings. The van der Waals surface area contributed by atoms with Crippen molar-refractivity contribution in [1.82, 2.24) is 19.7 Å². The minimum absolute atomic E-state index is 0.121. The third-order valence-corrected chi connectivity index (χ3v) is 11.0. The van der Waals surface area contributed by atoms with Gasteiger partial charge in [-0.25, -0.2) is 14.6 Å². The van der Waals surface area contributed by atoms with E-state index in [2.05, 4.69) is 35.5 Å². The molecular formula is C31H46N4O2. The van der Waals surface area contributed by atoms with Crippen LogP contribution in [0.5, 0.6) is 0 Å². The molecule has 6 heteroatoms. The van der Waals surface area contributed by atoms with Crippen LogP contribution in [0.3, 0.4) is 0 Å². The van der Waals surface area contributed by atoms with E-state index in [1.165, 1.54) is 51.4 Å².